The Morgan fingerprint density at radius 1 is 1.26 bits per heavy atom. The maximum atomic E-state index is 10.6. The molecular formula is C11H12N6O2. The topological polar surface area (TPSA) is 120 Å². The predicted molar refractivity (Wildman–Crippen MR) is 70.1 cm³/mol. The molecule has 0 spiro atoms. The van der Waals surface area contributed by atoms with Crippen molar-refractivity contribution in [1.29, 1.82) is 0 Å². The third kappa shape index (κ3) is 2.92. The van der Waals surface area contributed by atoms with Crippen LogP contribution in [0.25, 0.3) is 0 Å². The van der Waals surface area contributed by atoms with Gasteiger partial charge in [-0.15, -0.1) is 0 Å². The third-order valence-corrected chi connectivity index (χ3v) is 2.33. The maximum Gasteiger partial charge on any atom is 0.310 e. The van der Waals surface area contributed by atoms with Crippen molar-refractivity contribution in [3.63, 3.8) is 0 Å². The van der Waals surface area contributed by atoms with Gasteiger partial charge in [-0.25, -0.2) is 15.0 Å². The average Bonchev–Trinajstić information content (AvgIpc) is 2.26. The van der Waals surface area contributed by atoms with E-state index in [1.165, 1.54) is 6.07 Å². The van der Waals surface area contributed by atoms with Gasteiger partial charge in [-0.3, -0.25) is 10.1 Å². The summed E-state index contributed by atoms with van der Waals surface area (Å²) in [6, 6.07) is 3.14. The molecule has 0 aliphatic carbocycles. The molecule has 0 aromatic carbocycles. The highest BCUT2D eigenvalue weighted by Gasteiger charge is 2.12. The number of anilines is 3. The number of nitrogens with zero attached hydrogens (tertiary/aromatic N) is 4. The van der Waals surface area contributed by atoms with Crippen LogP contribution in [0.15, 0.2) is 18.3 Å². The zero-order chi connectivity index (χ0) is 14.0. The van der Waals surface area contributed by atoms with E-state index in [9.17, 15) is 10.1 Å². The number of aromatic nitrogens is 3. The van der Waals surface area contributed by atoms with Gasteiger partial charge in [-0.1, -0.05) is 0 Å². The van der Waals surface area contributed by atoms with Crippen LogP contribution >= 0.6 is 0 Å². The molecule has 0 atom stereocenters. The highest BCUT2D eigenvalue weighted by Crippen LogP contribution is 2.23. The second-order valence-electron chi connectivity index (χ2n) is 3.95. The minimum atomic E-state index is -0.578. The monoisotopic (exact) mass is 260 g/mol. The number of aryl methyl sites for hydroxylation is 2. The van der Waals surface area contributed by atoms with E-state index in [4.69, 9.17) is 5.73 Å². The summed E-state index contributed by atoms with van der Waals surface area (Å²) in [6.45, 7) is 3.62. The second-order valence-corrected chi connectivity index (χ2v) is 3.95. The molecule has 0 aliphatic heterocycles. The fourth-order valence-electron chi connectivity index (χ4n) is 1.60. The highest BCUT2D eigenvalue weighted by molar-refractivity contribution is 5.64. The lowest BCUT2D eigenvalue weighted by molar-refractivity contribution is -0.384. The van der Waals surface area contributed by atoms with E-state index in [1.54, 1.807) is 13.0 Å². The minimum Gasteiger partial charge on any atom is -0.393 e. The number of nitrogens with one attached hydrogen (secondary N) is 1. The van der Waals surface area contributed by atoms with Crippen molar-refractivity contribution < 1.29 is 4.92 Å². The summed E-state index contributed by atoms with van der Waals surface area (Å²) in [5.74, 6) is 1.57. The Bertz CT molecular complexity index is 623. The van der Waals surface area contributed by atoms with Crippen molar-refractivity contribution in [2.24, 2.45) is 0 Å². The number of hydrogen-bond acceptors (Lipinski definition) is 7. The van der Waals surface area contributed by atoms with Crippen LogP contribution in [0.1, 0.15) is 11.5 Å². The van der Waals surface area contributed by atoms with Crippen LogP contribution in [0.3, 0.4) is 0 Å². The van der Waals surface area contributed by atoms with Crippen LogP contribution in [-0.2, 0) is 0 Å². The summed E-state index contributed by atoms with van der Waals surface area (Å²) in [6.07, 6.45) is 1.11. The molecule has 2 aromatic heterocycles. The summed E-state index contributed by atoms with van der Waals surface area (Å²) < 4.78 is 0. The van der Waals surface area contributed by atoms with E-state index < -0.39 is 4.92 Å². The first kappa shape index (κ1) is 12.7. The largest absolute Gasteiger partial charge is 0.393 e. The lowest BCUT2D eigenvalue weighted by Crippen LogP contribution is -2.02. The van der Waals surface area contributed by atoms with Crippen LogP contribution in [0.5, 0.6) is 0 Å². The van der Waals surface area contributed by atoms with Crippen LogP contribution in [-0.4, -0.2) is 19.9 Å². The first-order chi connectivity index (χ1) is 8.95. The van der Waals surface area contributed by atoms with Crippen molar-refractivity contribution in [2.75, 3.05) is 11.1 Å². The molecule has 19 heavy (non-hydrogen) atoms. The lowest BCUT2D eigenvalue weighted by atomic mass is 10.3. The van der Waals surface area contributed by atoms with Gasteiger partial charge in [0, 0.05) is 17.8 Å². The number of nitrogen functional groups attached to an aromatic ring is 1. The molecule has 8 nitrogen and oxygen atoms in total. The van der Waals surface area contributed by atoms with Gasteiger partial charge in [0.1, 0.15) is 29.3 Å². The molecule has 0 saturated carbocycles. The van der Waals surface area contributed by atoms with Gasteiger partial charge < -0.3 is 11.1 Å². The predicted octanol–water partition coefficient (Wildman–Crippen LogP) is 1.72. The van der Waals surface area contributed by atoms with Gasteiger partial charge in [0.2, 0.25) is 0 Å². The Morgan fingerprint density at radius 2 is 2.00 bits per heavy atom. The Hall–Kier alpha value is -2.77. The second kappa shape index (κ2) is 4.84. The van der Waals surface area contributed by atoms with Gasteiger partial charge >= 0.3 is 5.69 Å². The van der Waals surface area contributed by atoms with Crippen molar-refractivity contribution in [3.8, 4) is 0 Å². The number of nitrogens with two attached hydrogens (primary N) is 1. The summed E-state index contributed by atoms with van der Waals surface area (Å²) >= 11 is 0. The molecule has 8 heteroatoms. The van der Waals surface area contributed by atoms with Gasteiger partial charge in [-0.05, 0) is 13.8 Å². The van der Waals surface area contributed by atoms with E-state index in [2.05, 4.69) is 20.3 Å². The third-order valence-electron chi connectivity index (χ3n) is 2.33. The van der Waals surface area contributed by atoms with E-state index >= 15 is 0 Å². The van der Waals surface area contributed by atoms with Crippen molar-refractivity contribution in [2.45, 2.75) is 13.8 Å². The first-order valence-electron chi connectivity index (χ1n) is 5.45. The van der Waals surface area contributed by atoms with Crippen molar-refractivity contribution >= 4 is 23.0 Å². The van der Waals surface area contributed by atoms with Gasteiger partial charge in [0.15, 0.2) is 0 Å². The zero-order valence-corrected chi connectivity index (χ0v) is 10.4. The van der Waals surface area contributed by atoms with Crippen molar-refractivity contribution in [1.82, 2.24) is 15.0 Å². The van der Waals surface area contributed by atoms with Crippen LogP contribution in [0, 0.1) is 24.0 Å². The van der Waals surface area contributed by atoms with Crippen LogP contribution < -0.4 is 11.1 Å². The van der Waals surface area contributed by atoms with Gasteiger partial charge in [0.05, 0.1) is 4.92 Å². The van der Waals surface area contributed by atoms with E-state index in [1.807, 2.05) is 6.92 Å². The molecule has 0 aliphatic rings. The number of pyridine rings is 1. The Kier molecular flexibility index (Phi) is 3.23. The zero-order valence-electron chi connectivity index (χ0n) is 10.4. The SMILES string of the molecule is Cc1cc(Nc2cc(N)c([N+](=O)[O-])cn2)nc(C)n1. The van der Waals surface area contributed by atoms with E-state index in [0.29, 0.717) is 17.5 Å². The van der Waals surface area contributed by atoms with Crippen LogP contribution in [0.4, 0.5) is 23.0 Å². The molecule has 0 radical (unpaired) electrons. The highest BCUT2D eigenvalue weighted by atomic mass is 16.6. The number of hydrogen-bond donors (Lipinski definition) is 2. The number of rotatable bonds is 3. The standard InChI is InChI=1S/C11H12N6O2/c1-6-3-11(15-7(2)14-6)16-10-4-8(12)9(5-13-10)17(18)19/h3-5H,1-2H3,(H3,12,13,14,15,16). The van der Waals surface area contributed by atoms with Crippen molar-refractivity contribution in [3.05, 3.63) is 40.0 Å². The molecule has 0 fully saturated rings. The average molecular weight is 260 g/mol. The smallest absolute Gasteiger partial charge is 0.310 e. The minimum absolute atomic E-state index is 0.0463. The summed E-state index contributed by atoms with van der Waals surface area (Å²) in [4.78, 5) is 22.3. The molecule has 0 bridgehead atoms. The Balaban J connectivity index is 2.28. The molecule has 98 valence electrons. The molecule has 2 aromatic rings. The Morgan fingerprint density at radius 3 is 2.58 bits per heavy atom. The quantitative estimate of drug-likeness (QED) is 0.636. The molecule has 3 N–H and O–H groups in total. The van der Waals surface area contributed by atoms with Gasteiger partial charge in [0.25, 0.3) is 0 Å². The molecule has 0 saturated heterocycles. The molecule has 2 rings (SSSR count). The summed E-state index contributed by atoms with van der Waals surface area (Å²) in [5.41, 5.74) is 6.22. The van der Waals surface area contributed by atoms with E-state index in [0.717, 1.165) is 11.9 Å². The molecular weight excluding hydrogens is 248 g/mol. The number of nitro groups is 1. The summed E-state index contributed by atoms with van der Waals surface area (Å²) in [5, 5.41) is 13.6. The fourth-order valence-corrected chi connectivity index (χ4v) is 1.60. The maximum absolute atomic E-state index is 10.6. The summed E-state index contributed by atoms with van der Waals surface area (Å²) in [7, 11) is 0. The first-order valence-corrected chi connectivity index (χ1v) is 5.45. The normalized spacial score (nSPS) is 10.2. The lowest BCUT2D eigenvalue weighted by Gasteiger charge is -2.07. The molecule has 0 unspecified atom stereocenters. The molecule has 2 heterocycles. The van der Waals surface area contributed by atoms with Crippen LogP contribution in [0.2, 0.25) is 0 Å². The fraction of sp³-hybridized carbons (Fsp3) is 0.182. The molecule has 0 amide bonds. The van der Waals surface area contributed by atoms with Gasteiger partial charge in [-0.2, -0.15) is 0 Å². The Labute approximate surface area is 108 Å². The van der Waals surface area contributed by atoms with E-state index in [-0.39, 0.29) is 11.4 Å².